The third-order valence-electron chi connectivity index (χ3n) is 6.51. The highest BCUT2D eigenvalue weighted by molar-refractivity contribution is 6.42. The van der Waals surface area contributed by atoms with E-state index in [4.69, 9.17) is 23.2 Å². The molecule has 2 aliphatic rings. The van der Waals surface area contributed by atoms with Crippen LogP contribution in [0.4, 0.5) is 10.5 Å². The number of urea groups is 1. The number of benzene rings is 2. The number of hydrogen-bond acceptors (Lipinski definition) is 3. The van der Waals surface area contributed by atoms with E-state index < -0.39 is 0 Å². The first-order chi connectivity index (χ1) is 15.6. The zero-order valence-corrected chi connectivity index (χ0v) is 20.0. The minimum absolute atomic E-state index is 0.0761. The van der Waals surface area contributed by atoms with Crippen LogP contribution in [0.25, 0.3) is 0 Å². The van der Waals surface area contributed by atoms with E-state index in [1.54, 1.807) is 18.2 Å². The fourth-order valence-corrected chi connectivity index (χ4v) is 5.01. The van der Waals surface area contributed by atoms with Crippen molar-refractivity contribution in [3.63, 3.8) is 0 Å². The summed E-state index contributed by atoms with van der Waals surface area (Å²) in [5.74, 6) is 0.719. The van der Waals surface area contributed by atoms with Gasteiger partial charge < -0.3 is 15.1 Å². The van der Waals surface area contributed by atoms with Crippen LogP contribution in [-0.2, 0) is 6.42 Å². The molecule has 0 spiro atoms. The van der Waals surface area contributed by atoms with Gasteiger partial charge in [0.1, 0.15) is 0 Å². The second-order valence-corrected chi connectivity index (χ2v) is 9.71. The normalized spacial score (nSPS) is 20.3. The molecule has 1 N–H and O–H groups in total. The Hall–Kier alpha value is -1.79. The molecular weight excluding hydrogens is 443 g/mol. The molecule has 0 aliphatic carbocycles. The maximum atomic E-state index is 12.6. The van der Waals surface area contributed by atoms with E-state index in [-0.39, 0.29) is 6.03 Å². The number of piperidine rings is 1. The molecule has 0 aromatic heterocycles. The van der Waals surface area contributed by atoms with Crippen molar-refractivity contribution < 1.29 is 4.79 Å². The van der Waals surface area contributed by atoms with Gasteiger partial charge in [0.15, 0.2) is 0 Å². The van der Waals surface area contributed by atoms with E-state index in [0.29, 0.717) is 15.7 Å². The third-order valence-corrected chi connectivity index (χ3v) is 7.25. The monoisotopic (exact) mass is 474 g/mol. The Bertz CT molecular complexity index is 887. The number of likely N-dealkylation sites (tertiary alicyclic amines) is 1. The van der Waals surface area contributed by atoms with Gasteiger partial charge in [-0.25, -0.2) is 4.79 Å². The maximum Gasteiger partial charge on any atom is 0.321 e. The van der Waals surface area contributed by atoms with Gasteiger partial charge in [0.05, 0.1) is 10.0 Å². The number of amides is 2. The van der Waals surface area contributed by atoms with Crippen LogP contribution in [0.1, 0.15) is 18.4 Å². The van der Waals surface area contributed by atoms with Gasteiger partial charge in [-0.2, -0.15) is 0 Å². The van der Waals surface area contributed by atoms with E-state index in [1.165, 1.54) is 31.5 Å². The SMILES string of the molecule is O=C(Nc1ccc(Cl)c(Cl)c1)N1CCN(C[C@@H]2CCCN(CCc3ccccc3)C2)CC1. The van der Waals surface area contributed by atoms with Crippen LogP contribution in [0.3, 0.4) is 0 Å². The Kier molecular flexibility index (Phi) is 8.31. The molecule has 5 nitrogen and oxygen atoms in total. The van der Waals surface area contributed by atoms with Gasteiger partial charge >= 0.3 is 6.03 Å². The lowest BCUT2D eigenvalue weighted by molar-refractivity contribution is 0.101. The van der Waals surface area contributed by atoms with Crippen LogP contribution in [0, 0.1) is 5.92 Å². The maximum absolute atomic E-state index is 12.6. The van der Waals surface area contributed by atoms with E-state index in [1.807, 2.05) is 4.90 Å². The Balaban J connectivity index is 1.18. The van der Waals surface area contributed by atoms with Crippen molar-refractivity contribution in [2.75, 3.05) is 57.7 Å². The van der Waals surface area contributed by atoms with Crippen molar-refractivity contribution in [2.45, 2.75) is 19.3 Å². The van der Waals surface area contributed by atoms with Crippen LogP contribution in [0.2, 0.25) is 10.0 Å². The van der Waals surface area contributed by atoms with Crippen LogP contribution < -0.4 is 5.32 Å². The Morgan fingerprint density at radius 1 is 0.938 bits per heavy atom. The Labute approximate surface area is 201 Å². The van der Waals surface area contributed by atoms with Crippen LogP contribution in [0.5, 0.6) is 0 Å². The van der Waals surface area contributed by atoms with Crippen LogP contribution >= 0.6 is 23.2 Å². The van der Waals surface area contributed by atoms with Gasteiger partial charge in [-0.3, -0.25) is 4.90 Å². The number of nitrogens with zero attached hydrogens (tertiary/aromatic N) is 3. The number of rotatable bonds is 6. The number of carbonyl (C=O) groups excluding carboxylic acids is 1. The standard InChI is InChI=1S/C25H32Cl2N4O/c26-23-9-8-22(17-24(23)27)28-25(32)31-15-13-30(14-16-31)19-21-7-4-11-29(18-21)12-10-20-5-2-1-3-6-20/h1-3,5-6,8-9,17,21H,4,7,10-16,18-19H2,(H,28,32)/t21-/m1/s1. The molecule has 2 fully saturated rings. The molecule has 2 amide bonds. The lowest BCUT2D eigenvalue weighted by atomic mass is 9.96. The van der Waals surface area contributed by atoms with Gasteiger partial charge in [-0.15, -0.1) is 0 Å². The first kappa shape index (κ1) is 23.4. The number of halogens is 2. The highest BCUT2D eigenvalue weighted by atomic mass is 35.5. The molecule has 2 aromatic carbocycles. The molecule has 0 unspecified atom stereocenters. The Morgan fingerprint density at radius 3 is 2.47 bits per heavy atom. The quantitative estimate of drug-likeness (QED) is 0.632. The van der Waals surface area contributed by atoms with Crippen molar-refractivity contribution in [2.24, 2.45) is 5.92 Å². The van der Waals surface area contributed by atoms with Gasteiger partial charge in [-0.05, 0) is 55.5 Å². The summed E-state index contributed by atoms with van der Waals surface area (Å²) in [5, 5.41) is 3.86. The fourth-order valence-electron chi connectivity index (χ4n) is 4.71. The average Bonchev–Trinajstić information content (AvgIpc) is 2.81. The lowest BCUT2D eigenvalue weighted by Crippen LogP contribution is -2.52. The molecule has 2 aliphatic heterocycles. The molecule has 32 heavy (non-hydrogen) atoms. The molecule has 0 saturated carbocycles. The number of hydrogen-bond donors (Lipinski definition) is 1. The highest BCUT2D eigenvalue weighted by Gasteiger charge is 2.26. The predicted octanol–water partition coefficient (Wildman–Crippen LogP) is 5.10. The number of nitrogens with one attached hydrogen (secondary N) is 1. The van der Waals surface area contributed by atoms with Gasteiger partial charge in [0.2, 0.25) is 0 Å². The van der Waals surface area contributed by atoms with Crippen molar-refractivity contribution in [3.8, 4) is 0 Å². The summed E-state index contributed by atoms with van der Waals surface area (Å²) in [4.78, 5) is 19.6. The summed E-state index contributed by atoms with van der Waals surface area (Å²) in [6.45, 7) is 8.02. The molecule has 2 aromatic rings. The molecule has 7 heteroatoms. The van der Waals surface area contributed by atoms with Crippen LogP contribution in [-0.4, -0.2) is 73.1 Å². The van der Waals surface area contributed by atoms with Crippen molar-refractivity contribution >= 4 is 34.9 Å². The molecule has 172 valence electrons. The number of piperazine rings is 1. The lowest BCUT2D eigenvalue weighted by Gasteiger charge is -2.39. The second kappa shape index (κ2) is 11.4. The smallest absolute Gasteiger partial charge is 0.321 e. The first-order valence-electron chi connectivity index (χ1n) is 11.6. The largest absolute Gasteiger partial charge is 0.322 e. The van der Waals surface area contributed by atoms with E-state index in [9.17, 15) is 4.79 Å². The minimum atomic E-state index is -0.0761. The summed E-state index contributed by atoms with van der Waals surface area (Å²) in [5.41, 5.74) is 2.09. The van der Waals surface area contributed by atoms with Gasteiger partial charge in [0, 0.05) is 51.5 Å². The van der Waals surface area contributed by atoms with E-state index in [2.05, 4.69) is 45.4 Å². The number of carbonyl (C=O) groups is 1. The predicted molar refractivity (Wildman–Crippen MR) is 133 cm³/mol. The van der Waals surface area contributed by atoms with Crippen molar-refractivity contribution in [3.05, 3.63) is 64.1 Å². The van der Waals surface area contributed by atoms with Gasteiger partial charge in [0.25, 0.3) is 0 Å². The van der Waals surface area contributed by atoms with Crippen molar-refractivity contribution in [1.82, 2.24) is 14.7 Å². The molecule has 2 heterocycles. The van der Waals surface area contributed by atoms with Crippen LogP contribution in [0.15, 0.2) is 48.5 Å². The summed E-state index contributed by atoms with van der Waals surface area (Å²) >= 11 is 12.0. The summed E-state index contributed by atoms with van der Waals surface area (Å²) in [7, 11) is 0. The van der Waals surface area contributed by atoms with E-state index in [0.717, 1.165) is 51.6 Å². The molecule has 0 radical (unpaired) electrons. The number of anilines is 1. The second-order valence-electron chi connectivity index (χ2n) is 8.89. The average molecular weight is 475 g/mol. The molecule has 0 bridgehead atoms. The highest BCUT2D eigenvalue weighted by Crippen LogP contribution is 2.25. The van der Waals surface area contributed by atoms with Gasteiger partial charge in [-0.1, -0.05) is 53.5 Å². The first-order valence-corrected chi connectivity index (χ1v) is 12.3. The third kappa shape index (κ3) is 6.61. The fraction of sp³-hybridized carbons (Fsp3) is 0.480. The topological polar surface area (TPSA) is 38.8 Å². The zero-order chi connectivity index (χ0) is 22.3. The molecular formula is C25H32Cl2N4O. The molecule has 2 saturated heterocycles. The zero-order valence-electron chi connectivity index (χ0n) is 18.5. The van der Waals surface area contributed by atoms with E-state index >= 15 is 0 Å². The summed E-state index contributed by atoms with van der Waals surface area (Å²) in [6.07, 6.45) is 3.71. The van der Waals surface area contributed by atoms with Crippen molar-refractivity contribution in [1.29, 1.82) is 0 Å². The molecule has 1 atom stereocenters. The summed E-state index contributed by atoms with van der Waals surface area (Å²) < 4.78 is 0. The summed E-state index contributed by atoms with van der Waals surface area (Å²) in [6, 6.07) is 15.9. The Morgan fingerprint density at radius 2 is 1.72 bits per heavy atom. The molecule has 4 rings (SSSR count). The minimum Gasteiger partial charge on any atom is -0.322 e.